The van der Waals surface area contributed by atoms with E-state index in [9.17, 15) is 9.18 Å². The van der Waals surface area contributed by atoms with Crippen molar-refractivity contribution in [2.45, 2.75) is 25.4 Å². The Morgan fingerprint density at radius 1 is 1.40 bits per heavy atom. The van der Waals surface area contributed by atoms with Crippen LogP contribution in [0.2, 0.25) is 0 Å². The summed E-state index contributed by atoms with van der Waals surface area (Å²) in [5.74, 6) is -0.315. The molecule has 104 valence electrons. The van der Waals surface area contributed by atoms with E-state index in [0.29, 0.717) is 17.1 Å². The third kappa shape index (κ3) is 3.07. The molecule has 0 aliphatic heterocycles. The lowest BCUT2D eigenvalue weighted by Gasteiger charge is -2.08. The molecule has 0 radical (unpaired) electrons. The highest BCUT2D eigenvalue weighted by molar-refractivity contribution is 9.10. The van der Waals surface area contributed by atoms with Crippen molar-refractivity contribution in [2.24, 2.45) is 0 Å². The Labute approximate surface area is 123 Å². The Morgan fingerprint density at radius 3 is 2.85 bits per heavy atom. The summed E-state index contributed by atoms with van der Waals surface area (Å²) in [6, 6.07) is 6.42. The summed E-state index contributed by atoms with van der Waals surface area (Å²) in [7, 11) is 0. The van der Waals surface area contributed by atoms with E-state index in [-0.39, 0.29) is 11.4 Å². The molecule has 0 amide bonds. The highest BCUT2D eigenvalue weighted by atomic mass is 79.9. The van der Waals surface area contributed by atoms with Gasteiger partial charge in [0.25, 0.3) is 5.56 Å². The van der Waals surface area contributed by atoms with E-state index in [4.69, 9.17) is 0 Å². The molecule has 2 aromatic rings. The van der Waals surface area contributed by atoms with Crippen LogP contribution < -0.4 is 10.9 Å². The molecular weight excluding hydrogens is 325 g/mol. The second-order valence-corrected chi connectivity index (χ2v) is 5.75. The largest absolute Gasteiger partial charge is 0.381 e. The maximum Gasteiger partial charge on any atom is 0.269 e. The highest BCUT2D eigenvalue weighted by Gasteiger charge is 2.21. The molecule has 0 atom stereocenters. The first kappa shape index (κ1) is 13.3. The normalized spacial score (nSPS) is 14.3. The molecule has 1 N–H and O–H groups in total. The summed E-state index contributed by atoms with van der Waals surface area (Å²) < 4.78 is 15.0. The molecule has 1 aliphatic carbocycles. The van der Waals surface area contributed by atoms with Crippen molar-refractivity contribution >= 4 is 21.6 Å². The Hall–Kier alpha value is -1.69. The molecule has 3 rings (SSSR count). The van der Waals surface area contributed by atoms with Crippen LogP contribution in [-0.4, -0.2) is 15.8 Å². The number of halogens is 2. The SMILES string of the molecule is O=c1cc(NC2CC2)cnn1Cc1ccc(F)cc1Br. The third-order valence-electron chi connectivity index (χ3n) is 3.15. The van der Waals surface area contributed by atoms with Crippen molar-refractivity contribution < 1.29 is 4.39 Å². The summed E-state index contributed by atoms with van der Waals surface area (Å²) in [4.78, 5) is 12.0. The predicted molar refractivity (Wildman–Crippen MR) is 78.3 cm³/mol. The first-order valence-electron chi connectivity index (χ1n) is 6.39. The van der Waals surface area contributed by atoms with Crippen LogP contribution in [-0.2, 0) is 6.54 Å². The van der Waals surface area contributed by atoms with Gasteiger partial charge in [-0.15, -0.1) is 0 Å². The van der Waals surface area contributed by atoms with Crippen LogP contribution in [0.25, 0.3) is 0 Å². The van der Waals surface area contributed by atoms with Gasteiger partial charge < -0.3 is 5.32 Å². The van der Waals surface area contributed by atoms with Gasteiger partial charge >= 0.3 is 0 Å². The van der Waals surface area contributed by atoms with Crippen molar-refractivity contribution in [1.82, 2.24) is 9.78 Å². The molecule has 0 unspecified atom stereocenters. The molecule has 20 heavy (non-hydrogen) atoms. The standard InChI is InChI=1S/C14H13BrFN3O/c15-13-5-10(16)2-1-9(13)8-19-14(20)6-12(7-17-19)18-11-3-4-11/h1-2,5-7,11,18H,3-4,8H2. The Bertz CT molecular complexity index is 697. The van der Waals surface area contributed by atoms with E-state index in [1.807, 2.05) is 0 Å². The highest BCUT2D eigenvalue weighted by Crippen LogP contribution is 2.23. The van der Waals surface area contributed by atoms with E-state index < -0.39 is 0 Å². The van der Waals surface area contributed by atoms with E-state index in [1.54, 1.807) is 18.3 Å². The molecule has 1 aromatic carbocycles. The number of hydrogen-bond donors (Lipinski definition) is 1. The zero-order valence-corrected chi connectivity index (χ0v) is 12.2. The Kier molecular flexibility index (Phi) is 3.56. The molecule has 1 aliphatic rings. The molecule has 0 bridgehead atoms. The Morgan fingerprint density at radius 2 is 2.20 bits per heavy atom. The molecule has 1 saturated carbocycles. The molecule has 6 heteroatoms. The van der Waals surface area contributed by atoms with Gasteiger partial charge in [0, 0.05) is 16.6 Å². The van der Waals surface area contributed by atoms with Crippen LogP contribution in [0.1, 0.15) is 18.4 Å². The molecule has 1 fully saturated rings. The second kappa shape index (κ2) is 5.36. The molecule has 0 saturated heterocycles. The van der Waals surface area contributed by atoms with Crippen LogP contribution in [0.3, 0.4) is 0 Å². The zero-order chi connectivity index (χ0) is 14.1. The summed E-state index contributed by atoms with van der Waals surface area (Å²) in [5.41, 5.74) is 1.39. The van der Waals surface area contributed by atoms with Crippen LogP contribution in [0.4, 0.5) is 10.1 Å². The van der Waals surface area contributed by atoms with Crippen molar-refractivity contribution in [3.63, 3.8) is 0 Å². The Balaban J connectivity index is 1.81. The van der Waals surface area contributed by atoms with Gasteiger partial charge in [0.2, 0.25) is 0 Å². The third-order valence-corrected chi connectivity index (χ3v) is 3.89. The summed E-state index contributed by atoms with van der Waals surface area (Å²) in [6.45, 7) is 0.309. The van der Waals surface area contributed by atoms with Gasteiger partial charge in [-0.25, -0.2) is 9.07 Å². The maximum absolute atomic E-state index is 13.0. The first-order chi connectivity index (χ1) is 9.61. The molecule has 4 nitrogen and oxygen atoms in total. The molecule has 0 spiro atoms. The van der Waals surface area contributed by atoms with Crippen LogP contribution in [0.15, 0.2) is 39.7 Å². The van der Waals surface area contributed by atoms with Crippen LogP contribution in [0, 0.1) is 5.82 Å². The quantitative estimate of drug-likeness (QED) is 0.933. The smallest absolute Gasteiger partial charge is 0.269 e. The van der Waals surface area contributed by atoms with Crippen molar-refractivity contribution in [3.8, 4) is 0 Å². The topological polar surface area (TPSA) is 46.9 Å². The van der Waals surface area contributed by atoms with Gasteiger partial charge in [-0.1, -0.05) is 22.0 Å². The van der Waals surface area contributed by atoms with Crippen molar-refractivity contribution in [3.05, 3.63) is 56.7 Å². The van der Waals surface area contributed by atoms with Gasteiger partial charge in [0.1, 0.15) is 5.82 Å². The van der Waals surface area contributed by atoms with Gasteiger partial charge in [-0.3, -0.25) is 4.79 Å². The number of hydrogen-bond acceptors (Lipinski definition) is 3. The summed E-state index contributed by atoms with van der Waals surface area (Å²) in [5, 5.41) is 7.38. The zero-order valence-electron chi connectivity index (χ0n) is 10.6. The minimum Gasteiger partial charge on any atom is -0.381 e. The number of rotatable bonds is 4. The number of aromatic nitrogens is 2. The molecule has 1 heterocycles. The average molecular weight is 338 g/mol. The predicted octanol–water partition coefficient (Wildman–Crippen LogP) is 2.77. The minimum atomic E-state index is -0.315. The second-order valence-electron chi connectivity index (χ2n) is 4.89. The lowest BCUT2D eigenvalue weighted by Crippen LogP contribution is -2.23. The fraction of sp³-hybridized carbons (Fsp3) is 0.286. The molecule has 1 aromatic heterocycles. The van der Waals surface area contributed by atoms with Gasteiger partial charge in [-0.2, -0.15) is 5.10 Å². The van der Waals surface area contributed by atoms with Gasteiger partial charge in [0.05, 0.1) is 18.4 Å². The number of anilines is 1. The first-order valence-corrected chi connectivity index (χ1v) is 7.19. The average Bonchev–Trinajstić information content (AvgIpc) is 3.19. The van der Waals surface area contributed by atoms with E-state index >= 15 is 0 Å². The summed E-state index contributed by atoms with van der Waals surface area (Å²) >= 11 is 3.29. The van der Waals surface area contributed by atoms with E-state index in [0.717, 1.165) is 24.1 Å². The number of nitrogens with one attached hydrogen (secondary N) is 1. The van der Waals surface area contributed by atoms with Crippen LogP contribution in [0.5, 0.6) is 0 Å². The summed E-state index contributed by atoms with van der Waals surface area (Å²) in [6.07, 6.45) is 3.94. The van der Waals surface area contributed by atoms with E-state index in [2.05, 4.69) is 26.3 Å². The van der Waals surface area contributed by atoms with Crippen molar-refractivity contribution in [2.75, 3.05) is 5.32 Å². The minimum absolute atomic E-state index is 0.174. The van der Waals surface area contributed by atoms with E-state index in [1.165, 1.54) is 16.8 Å². The van der Waals surface area contributed by atoms with Gasteiger partial charge in [-0.05, 0) is 30.5 Å². The van der Waals surface area contributed by atoms with Gasteiger partial charge in [0.15, 0.2) is 0 Å². The monoisotopic (exact) mass is 337 g/mol. The fourth-order valence-corrected chi connectivity index (χ4v) is 2.38. The molecular formula is C14H13BrFN3O. The fourth-order valence-electron chi connectivity index (χ4n) is 1.91. The van der Waals surface area contributed by atoms with Crippen LogP contribution >= 0.6 is 15.9 Å². The van der Waals surface area contributed by atoms with Crippen molar-refractivity contribution in [1.29, 1.82) is 0 Å². The lowest BCUT2D eigenvalue weighted by atomic mass is 10.2. The maximum atomic E-state index is 13.0. The number of nitrogens with zero attached hydrogens (tertiary/aromatic N) is 2. The lowest BCUT2D eigenvalue weighted by molar-refractivity contribution is 0.617. The number of benzene rings is 1.